The molecule has 1 unspecified atom stereocenters. The fourth-order valence-electron chi connectivity index (χ4n) is 2.82. The number of nitrogens with zero attached hydrogens (tertiary/aromatic N) is 3. The molecule has 1 aliphatic heterocycles. The Hall–Kier alpha value is -0.890. The zero-order valence-electron chi connectivity index (χ0n) is 14.1. The summed E-state index contributed by atoms with van der Waals surface area (Å²) in [6, 6.07) is 5.95. The molecule has 2 rings (SSSR count). The molecule has 0 aliphatic carbocycles. The Balaban J connectivity index is 0.00000264. The molecule has 1 fully saturated rings. The molecule has 2 heterocycles. The first kappa shape index (κ1) is 20.2. The minimum absolute atomic E-state index is 0. The Labute approximate surface area is 157 Å². The van der Waals surface area contributed by atoms with Gasteiger partial charge in [0.1, 0.15) is 0 Å². The van der Waals surface area contributed by atoms with Gasteiger partial charge in [0.05, 0.1) is 0 Å². The van der Waals surface area contributed by atoms with Crippen molar-refractivity contribution in [3.05, 3.63) is 30.1 Å². The van der Waals surface area contributed by atoms with Gasteiger partial charge in [-0.25, -0.2) is 0 Å². The van der Waals surface area contributed by atoms with E-state index >= 15 is 0 Å². The van der Waals surface area contributed by atoms with Crippen molar-refractivity contribution < 1.29 is 0 Å². The number of pyridine rings is 1. The fraction of sp³-hybridized carbons (Fsp3) is 0.647. The topological polar surface area (TPSA) is 66.5 Å². The highest BCUT2D eigenvalue weighted by Crippen LogP contribution is 2.10. The minimum atomic E-state index is 0. The van der Waals surface area contributed by atoms with Gasteiger partial charge in [0.2, 0.25) is 0 Å². The van der Waals surface area contributed by atoms with Crippen molar-refractivity contribution in [1.29, 1.82) is 0 Å². The van der Waals surface area contributed by atoms with Crippen LogP contribution in [-0.4, -0.2) is 48.6 Å². The number of nitrogens with two attached hydrogens (primary N) is 1. The Bertz CT molecular complexity index is 446. The van der Waals surface area contributed by atoms with E-state index in [1.54, 1.807) is 0 Å². The monoisotopic (exact) mass is 431 g/mol. The molecule has 0 aromatic carbocycles. The van der Waals surface area contributed by atoms with Gasteiger partial charge >= 0.3 is 0 Å². The summed E-state index contributed by atoms with van der Waals surface area (Å²) >= 11 is 0. The lowest BCUT2D eigenvalue weighted by atomic mass is 10.1. The summed E-state index contributed by atoms with van der Waals surface area (Å²) in [6.07, 6.45) is 6.74. The second kappa shape index (κ2) is 11.6. The number of nitrogens with one attached hydrogen (secondary N) is 1. The van der Waals surface area contributed by atoms with E-state index in [0.29, 0.717) is 11.9 Å². The van der Waals surface area contributed by atoms with Crippen LogP contribution in [0.5, 0.6) is 0 Å². The molecule has 23 heavy (non-hydrogen) atoms. The fourth-order valence-corrected chi connectivity index (χ4v) is 2.82. The van der Waals surface area contributed by atoms with Gasteiger partial charge in [-0.15, -0.1) is 24.0 Å². The van der Waals surface area contributed by atoms with Gasteiger partial charge in [0.25, 0.3) is 0 Å². The highest BCUT2D eigenvalue weighted by atomic mass is 127. The Morgan fingerprint density at radius 2 is 2.13 bits per heavy atom. The van der Waals surface area contributed by atoms with E-state index in [9.17, 15) is 0 Å². The lowest BCUT2D eigenvalue weighted by molar-refractivity contribution is 0.203. The molecule has 0 spiro atoms. The lowest BCUT2D eigenvalue weighted by Gasteiger charge is -2.28. The third-order valence-electron chi connectivity index (χ3n) is 4.01. The van der Waals surface area contributed by atoms with Gasteiger partial charge < -0.3 is 16.0 Å². The summed E-state index contributed by atoms with van der Waals surface area (Å²) in [5, 5.41) is 3.16. The average molecular weight is 431 g/mol. The number of rotatable bonds is 7. The summed E-state index contributed by atoms with van der Waals surface area (Å²) in [7, 11) is 0. The van der Waals surface area contributed by atoms with Crippen LogP contribution in [0.2, 0.25) is 0 Å². The number of aromatic nitrogens is 1. The maximum atomic E-state index is 5.92. The third kappa shape index (κ3) is 8.50. The molecule has 0 bridgehead atoms. The summed E-state index contributed by atoms with van der Waals surface area (Å²) in [5.41, 5.74) is 6.99. The number of likely N-dealkylation sites (tertiary alicyclic amines) is 1. The minimum Gasteiger partial charge on any atom is -0.370 e. The molecule has 1 atom stereocenters. The molecule has 1 aromatic heterocycles. The molecule has 0 amide bonds. The molecular weight excluding hydrogens is 401 g/mol. The Kier molecular flexibility index (Phi) is 10.2. The standard InChI is InChI=1S/C17H29N5.HI/c1-15(14-22-11-5-2-6-12-22)13-21-17(18)20-10-8-16-7-3-4-9-19-16;/h3-4,7,9,15H,2,5-6,8,10-14H2,1H3,(H3,18,20,21);1H. The van der Waals surface area contributed by atoms with E-state index in [0.717, 1.165) is 31.7 Å². The first-order chi connectivity index (χ1) is 10.7. The van der Waals surface area contributed by atoms with Crippen LogP contribution in [-0.2, 0) is 6.42 Å². The molecule has 1 aromatic rings. The third-order valence-corrected chi connectivity index (χ3v) is 4.01. The van der Waals surface area contributed by atoms with E-state index in [2.05, 4.69) is 27.1 Å². The molecule has 3 N–H and O–H groups in total. The second-order valence-corrected chi connectivity index (χ2v) is 6.19. The first-order valence-electron chi connectivity index (χ1n) is 8.40. The van der Waals surface area contributed by atoms with E-state index in [1.165, 1.54) is 32.4 Å². The second-order valence-electron chi connectivity index (χ2n) is 6.19. The molecular formula is C17H30IN5. The zero-order valence-corrected chi connectivity index (χ0v) is 16.4. The summed E-state index contributed by atoms with van der Waals surface area (Å²) < 4.78 is 0. The number of piperidine rings is 1. The molecule has 1 aliphatic rings. The van der Waals surface area contributed by atoms with Crippen molar-refractivity contribution >= 4 is 29.9 Å². The largest absolute Gasteiger partial charge is 0.370 e. The molecule has 0 radical (unpaired) electrons. The first-order valence-corrected chi connectivity index (χ1v) is 8.40. The van der Waals surface area contributed by atoms with E-state index in [4.69, 9.17) is 5.73 Å². The van der Waals surface area contributed by atoms with Gasteiger partial charge in [0.15, 0.2) is 5.96 Å². The number of halogens is 1. The summed E-state index contributed by atoms with van der Waals surface area (Å²) in [6.45, 7) is 7.42. The maximum absolute atomic E-state index is 5.92. The number of guanidine groups is 1. The molecule has 1 saturated heterocycles. The number of hydrogen-bond acceptors (Lipinski definition) is 3. The Morgan fingerprint density at radius 3 is 2.83 bits per heavy atom. The zero-order chi connectivity index (χ0) is 15.6. The van der Waals surface area contributed by atoms with Crippen molar-refractivity contribution in [1.82, 2.24) is 15.2 Å². The molecule has 0 saturated carbocycles. The SMILES string of the molecule is CC(CN=C(N)NCCc1ccccn1)CN1CCCCC1.I. The van der Waals surface area contributed by atoms with Gasteiger partial charge in [-0.2, -0.15) is 0 Å². The Morgan fingerprint density at radius 1 is 1.35 bits per heavy atom. The van der Waals surface area contributed by atoms with Crippen molar-refractivity contribution in [3.8, 4) is 0 Å². The smallest absolute Gasteiger partial charge is 0.188 e. The van der Waals surface area contributed by atoms with Crippen LogP contribution >= 0.6 is 24.0 Å². The molecule has 5 nitrogen and oxygen atoms in total. The van der Waals surface area contributed by atoms with Gasteiger partial charge in [-0.3, -0.25) is 9.98 Å². The van der Waals surface area contributed by atoms with Crippen LogP contribution in [0.4, 0.5) is 0 Å². The van der Waals surface area contributed by atoms with Gasteiger partial charge in [-0.1, -0.05) is 19.4 Å². The highest BCUT2D eigenvalue weighted by Gasteiger charge is 2.13. The van der Waals surface area contributed by atoms with Crippen molar-refractivity contribution in [2.45, 2.75) is 32.6 Å². The molecule has 130 valence electrons. The van der Waals surface area contributed by atoms with Crippen molar-refractivity contribution in [2.75, 3.05) is 32.7 Å². The van der Waals surface area contributed by atoms with Crippen LogP contribution in [0.1, 0.15) is 31.9 Å². The van der Waals surface area contributed by atoms with Crippen LogP contribution in [0.15, 0.2) is 29.4 Å². The van der Waals surface area contributed by atoms with Gasteiger partial charge in [-0.05, 0) is 44.0 Å². The van der Waals surface area contributed by atoms with Crippen LogP contribution in [0, 0.1) is 5.92 Å². The van der Waals surface area contributed by atoms with Crippen molar-refractivity contribution in [3.63, 3.8) is 0 Å². The highest BCUT2D eigenvalue weighted by molar-refractivity contribution is 14.0. The van der Waals surface area contributed by atoms with Crippen LogP contribution in [0.25, 0.3) is 0 Å². The van der Waals surface area contributed by atoms with E-state index < -0.39 is 0 Å². The molecule has 6 heteroatoms. The number of hydrogen-bond donors (Lipinski definition) is 2. The number of aliphatic imine (C=N–C) groups is 1. The van der Waals surface area contributed by atoms with Gasteiger partial charge in [0, 0.05) is 37.9 Å². The van der Waals surface area contributed by atoms with Crippen molar-refractivity contribution in [2.24, 2.45) is 16.6 Å². The quantitative estimate of drug-likeness (QED) is 0.395. The van der Waals surface area contributed by atoms with Crippen LogP contribution in [0.3, 0.4) is 0 Å². The van der Waals surface area contributed by atoms with E-state index in [-0.39, 0.29) is 24.0 Å². The predicted octanol–water partition coefficient (Wildman–Crippen LogP) is 2.27. The van der Waals surface area contributed by atoms with Crippen LogP contribution < -0.4 is 11.1 Å². The normalized spacial score (nSPS) is 17.3. The summed E-state index contributed by atoms with van der Waals surface area (Å²) in [4.78, 5) is 11.3. The predicted molar refractivity (Wildman–Crippen MR) is 107 cm³/mol. The maximum Gasteiger partial charge on any atom is 0.188 e. The summed E-state index contributed by atoms with van der Waals surface area (Å²) in [5.74, 6) is 1.09. The average Bonchev–Trinajstić information content (AvgIpc) is 2.55. The lowest BCUT2D eigenvalue weighted by Crippen LogP contribution is -2.36. The van der Waals surface area contributed by atoms with E-state index in [1.807, 2.05) is 24.4 Å².